The van der Waals surface area contributed by atoms with E-state index in [1.165, 1.54) is 22.5 Å². The third kappa shape index (κ3) is 5.49. The van der Waals surface area contributed by atoms with Crippen molar-refractivity contribution in [1.29, 1.82) is 0 Å². The molecule has 4 rings (SSSR count). The second-order valence-electron chi connectivity index (χ2n) is 8.17. The third-order valence-electron chi connectivity index (χ3n) is 5.67. The second kappa shape index (κ2) is 9.94. The van der Waals surface area contributed by atoms with Gasteiger partial charge in [0.1, 0.15) is 0 Å². The summed E-state index contributed by atoms with van der Waals surface area (Å²) in [6.07, 6.45) is 0. The normalized spacial score (nSPS) is 22.4. The van der Waals surface area contributed by atoms with Crippen LogP contribution in [0.4, 0.5) is 11.4 Å². The fourth-order valence-corrected chi connectivity index (χ4v) is 4.06. The number of hydrogen-bond acceptors (Lipinski definition) is 4. The Labute approximate surface area is 170 Å². The standard InChI is InChI=1S/2C12H18N2/c2*1-10-4-3-5-12(8-10)14-7-6-13-9-11(14)2/h2*3-5,8,11,13H,6-7,9H2,1-2H3. The molecule has 2 saturated heterocycles. The molecule has 2 aromatic rings. The van der Waals surface area contributed by atoms with Crippen molar-refractivity contribution in [3.8, 4) is 0 Å². The molecule has 0 spiro atoms. The van der Waals surface area contributed by atoms with Gasteiger partial charge in [0.25, 0.3) is 0 Å². The van der Waals surface area contributed by atoms with Gasteiger partial charge in [0.05, 0.1) is 0 Å². The molecule has 0 saturated carbocycles. The lowest BCUT2D eigenvalue weighted by molar-refractivity contribution is 0.501. The van der Waals surface area contributed by atoms with Crippen LogP contribution in [0.25, 0.3) is 0 Å². The van der Waals surface area contributed by atoms with Crippen LogP contribution in [0.2, 0.25) is 0 Å². The van der Waals surface area contributed by atoms with Gasteiger partial charge in [0.2, 0.25) is 0 Å². The molecule has 0 radical (unpaired) electrons. The Balaban J connectivity index is 0.000000161. The van der Waals surface area contributed by atoms with Crippen molar-refractivity contribution in [3.05, 3.63) is 59.7 Å². The molecule has 2 aliphatic rings. The van der Waals surface area contributed by atoms with Crippen molar-refractivity contribution in [2.24, 2.45) is 0 Å². The Morgan fingerprint density at radius 2 is 1.14 bits per heavy atom. The molecule has 0 amide bonds. The van der Waals surface area contributed by atoms with Crippen LogP contribution in [-0.4, -0.2) is 51.4 Å². The quantitative estimate of drug-likeness (QED) is 0.834. The summed E-state index contributed by atoms with van der Waals surface area (Å²) in [4.78, 5) is 4.95. The summed E-state index contributed by atoms with van der Waals surface area (Å²) in [6, 6.07) is 18.7. The molecule has 0 aromatic heterocycles. The Hall–Kier alpha value is -2.04. The minimum absolute atomic E-state index is 0.602. The van der Waals surface area contributed by atoms with E-state index in [0.717, 1.165) is 39.3 Å². The first-order valence-electron chi connectivity index (χ1n) is 10.6. The molecular weight excluding hydrogens is 344 g/mol. The highest BCUT2D eigenvalue weighted by Crippen LogP contribution is 2.20. The smallest absolute Gasteiger partial charge is 0.0386 e. The summed E-state index contributed by atoms with van der Waals surface area (Å²) in [5.41, 5.74) is 5.40. The Morgan fingerprint density at radius 1 is 0.714 bits per heavy atom. The van der Waals surface area contributed by atoms with Gasteiger partial charge in [0, 0.05) is 62.7 Å². The lowest BCUT2D eigenvalue weighted by Crippen LogP contribution is -2.49. The zero-order valence-corrected chi connectivity index (χ0v) is 17.9. The molecule has 2 aliphatic heterocycles. The highest BCUT2D eigenvalue weighted by molar-refractivity contribution is 5.50. The van der Waals surface area contributed by atoms with Gasteiger partial charge in [-0.2, -0.15) is 0 Å². The van der Waals surface area contributed by atoms with Crippen molar-refractivity contribution in [1.82, 2.24) is 10.6 Å². The summed E-state index contributed by atoms with van der Waals surface area (Å²) >= 11 is 0. The predicted octanol–water partition coefficient (Wildman–Crippen LogP) is 3.59. The summed E-state index contributed by atoms with van der Waals surface area (Å²) in [5.74, 6) is 0. The van der Waals surface area contributed by atoms with E-state index in [9.17, 15) is 0 Å². The lowest BCUT2D eigenvalue weighted by Gasteiger charge is -2.36. The van der Waals surface area contributed by atoms with Crippen LogP contribution in [0.3, 0.4) is 0 Å². The molecule has 152 valence electrons. The van der Waals surface area contributed by atoms with E-state index in [1.54, 1.807) is 0 Å². The van der Waals surface area contributed by atoms with Crippen LogP contribution >= 0.6 is 0 Å². The third-order valence-corrected chi connectivity index (χ3v) is 5.67. The summed E-state index contributed by atoms with van der Waals surface area (Å²) < 4.78 is 0. The molecule has 2 heterocycles. The molecule has 0 bridgehead atoms. The van der Waals surface area contributed by atoms with Gasteiger partial charge >= 0.3 is 0 Å². The van der Waals surface area contributed by atoms with Crippen molar-refractivity contribution in [2.75, 3.05) is 49.1 Å². The minimum atomic E-state index is 0.602. The van der Waals surface area contributed by atoms with Gasteiger partial charge in [-0.3, -0.25) is 0 Å². The maximum absolute atomic E-state index is 3.41. The SMILES string of the molecule is Cc1cccc(N2CCNCC2C)c1.Cc1cccc(N2CCNCC2C)c1. The van der Waals surface area contributed by atoms with Crippen molar-refractivity contribution in [2.45, 2.75) is 39.8 Å². The first kappa shape index (κ1) is 20.7. The zero-order chi connectivity index (χ0) is 19.9. The highest BCUT2D eigenvalue weighted by atomic mass is 15.2. The second-order valence-corrected chi connectivity index (χ2v) is 8.17. The fraction of sp³-hybridized carbons (Fsp3) is 0.500. The zero-order valence-electron chi connectivity index (χ0n) is 17.9. The average Bonchev–Trinajstić information content (AvgIpc) is 2.69. The number of aryl methyl sites for hydroxylation is 2. The van der Waals surface area contributed by atoms with E-state index in [1.807, 2.05) is 0 Å². The summed E-state index contributed by atoms with van der Waals surface area (Å²) in [5, 5.41) is 6.81. The van der Waals surface area contributed by atoms with E-state index >= 15 is 0 Å². The average molecular weight is 381 g/mol. The van der Waals surface area contributed by atoms with Crippen LogP contribution in [-0.2, 0) is 0 Å². The number of piperazine rings is 2. The summed E-state index contributed by atoms with van der Waals surface area (Å²) in [6.45, 7) is 15.4. The number of nitrogens with zero attached hydrogens (tertiary/aromatic N) is 2. The van der Waals surface area contributed by atoms with Gasteiger partial charge in [-0.15, -0.1) is 0 Å². The van der Waals surface area contributed by atoms with Crippen LogP contribution < -0.4 is 20.4 Å². The number of nitrogens with one attached hydrogen (secondary N) is 2. The monoisotopic (exact) mass is 380 g/mol. The predicted molar refractivity (Wildman–Crippen MR) is 122 cm³/mol. The summed E-state index contributed by atoms with van der Waals surface area (Å²) in [7, 11) is 0. The van der Waals surface area contributed by atoms with Gasteiger partial charge in [-0.05, 0) is 63.1 Å². The van der Waals surface area contributed by atoms with Gasteiger partial charge in [-0.1, -0.05) is 24.3 Å². The highest BCUT2D eigenvalue weighted by Gasteiger charge is 2.18. The maximum atomic E-state index is 3.41. The lowest BCUT2D eigenvalue weighted by atomic mass is 10.1. The minimum Gasteiger partial charge on any atom is -0.366 e. The largest absolute Gasteiger partial charge is 0.366 e. The Kier molecular flexibility index (Phi) is 7.35. The molecule has 2 fully saturated rings. The molecule has 28 heavy (non-hydrogen) atoms. The first-order valence-corrected chi connectivity index (χ1v) is 10.6. The molecule has 4 nitrogen and oxygen atoms in total. The molecule has 2 unspecified atom stereocenters. The number of benzene rings is 2. The first-order chi connectivity index (χ1) is 13.5. The van der Waals surface area contributed by atoms with Crippen LogP contribution in [0.1, 0.15) is 25.0 Å². The topological polar surface area (TPSA) is 30.5 Å². The van der Waals surface area contributed by atoms with E-state index in [4.69, 9.17) is 0 Å². The van der Waals surface area contributed by atoms with Crippen molar-refractivity contribution < 1.29 is 0 Å². The van der Waals surface area contributed by atoms with E-state index in [-0.39, 0.29) is 0 Å². The van der Waals surface area contributed by atoms with Gasteiger partial charge in [0.15, 0.2) is 0 Å². The number of rotatable bonds is 2. The number of anilines is 2. The molecule has 0 aliphatic carbocycles. The van der Waals surface area contributed by atoms with Crippen molar-refractivity contribution in [3.63, 3.8) is 0 Å². The Bertz CT molecular complexity index is 681. The van der Waals surface area contributed by atoms with E-state index in [2.05, 4.69) is 96.7 Å². The van der Waals surface area contributed by atoms with Gasteiger partial charge in [-0.25, -0.2) is 0 Å². The molecule has 4 heteroatoms. The molecule has 2 atom stereocenters. The van der Waals surface area contributed by atoms with Crippen LogP contribution in [0.15, 0.2) is 48.5 Å². The molecule has 2 aromatic carbocycles. The van der Waals surface area contributed by atoms with Crippen LogP contribution in [0.5, 0.6) is 0 Å². The molecule has 2 N–H and O–H groups in total. The van der Waals surface area contributed by atoms with Crippen LogP contribution in [0, 0.1) is 13.8 Å². The molecular formula is C24H36N4. The van der Waals surface area contributed by atoms with E-state index < -0.39 is 0 Å². The fourth-order valence-electron chi connectivity index (χ4n) is 4.06. The van der Waals surface area contributed by atoms with Gasteiger partial charge < -0.3 is 20.4 Å². The number of hydrogen-bond donors (Lipinski definition) is 2. The van der Waals surface area contributed by atoms with Crippen molar-refractivity contribution >= 4 is 11.4 Å². The maximum Gasteiger partial charge on any atom is 0.0386 e. The van der Waals surface area contributed by atoms with E-state index in [0.29, 0.717) is 12.1 Å². The Morgan fingerprint density at radius 3 is 1.50 bits per heavy atom.